The number of aliphatic carboxylic acids is 1. The van der Waals surface area contributed by atoms with Crippen LogP contribution in [0, 0.1) is 0 Å². The van der Waals surface area contributed by atoms with E-state index in [-0.39, 0.29) is 19.1 Å². The molecule has 0 heterocycles. The SMILES string of the molecule is CCCNC(=O)CN(C)C(COC)C(=O)O. The van der Waals surface area contributed by atoms with Crippen molar-refractivity contribution < 1.29 is 19.4 Å². The zero-order valence-corrected chi connectivity index (χ0v) is 10.0. The number of carbonyl (C=O) groups is 2. The Kier molecular flexibility index (Phi) is 7.49. The molecule has 0 saturated heterocycles. The summed E-state index contributed by atoms with van der Waals surface area (Å²) in [6.07, 6.45) is 0.857. The van der Waals surface area contributed by atoms with Crippen LogP contribution in [0.3, 0.4) is 0 Å². The number of rotatable bonds is 8. The molecular weight excluding hydrogens is 212 g/mol. The van der Waals surface area contributed by atoms with E-state index in [0.717, 1.165) is 6.42 Å². The third kappa shape index (κ3) is 5.67. The van der Waals surface area contributed by atoms with Crippen LogP contribution >= 0.6 is 0 Å². The lowest BCUT2D eigenvalue weighted by Gasteiger charge is -2.23. The van der Waals surface area contributed by atoms with Crippen LogP contribution in [0.4, 0.5) is 0 Å². The maximum absolute atomic E-state index is 11.4. The minimum atomic E-state index is -0.993. The summed E-state index contributed by atoms with van der Waals surface area (Å²) in [5.41, 5.74) is 0. The van der Waals surface area contributed by atoms with E-state index in [2.05, 4.69) is 5.32 Å². The predicted octanol–water partition coefficient (Wildman–Crippen LogP) is -0.456. The summed E-state index contributed by atoms with van der Waals surface area (Å²) >= 11 is 0. The molecular formula is C10H20N2O4. The number of carboxylic acids is 1. The van der Waals surface area contributed by atoms with Crippen LogP contribution in [0.1, 0.15) is 13.3 Å². The lowest BCUT2D eigenvalue weighted by atomic mass is 10.3. The summed E-state index contributed by atoms with van der Waals surface area (Å²) in [5, 5.41) is 11.6. The first-order valence-corrected chi connectivity index (χ1v) is 5.21. The number of likely N-dealkylation sites (N-methyl/N-ethyl adjacent to an activating group) is 1. The molecule has 1 atom stereocenters. The maximum Gasteiger partial charge on any atom is 0.323 e. The second-order valence-electron chi connectivity index (χ2n) is 3.57. The molecule has 0 rings (SSSR count). The molecule has 1 amide bonds. The van der Waals surface area contributed by atoms with Crippen LogP contribution in [-0.4, -0.2) is 61.8 Å². The van der Waals surface area contributed by atoms with Gasteiger partial charge >= 0.3 is 5.97 Å². The zero-order valence-electron chi connectivity index (χ0n) is 10.0. The van der Waals surface area contributed by atoms with Gasteiger partial charge in [0.15, 0.2) is 0 Å². The van der Waals surface area contributed by atoms with Crippen molar-refractivity contribution >= 4 is 11.9 Å². The highest BCUT2D eigenvalue weighted by atomic mass is 16.5. The average molecular weight is 232 g/mol. The van der Waals surface area contributed by atoms with E-state index in [1.54, 1.807) is 7.05 Å². The summed E-state index contributed by atoms with van der Waals surface area (Å²) < 4.78 is 4.79. The number of nitrogens with one attached hydrogen (secondary N) is 1. The molecule has 94 valence electrons. The van der Waals surface area contributed by atoms with Crippen molar-refractivity contribution in [3.8, 4) is 0 Å². The summed E-state index contributed by atoms with van der Waals surface area (Å²) in [6.45, 7) is 2.68. The lowest BCUT2D eigenvalue weighted by Crippen LogP contribution is -2.46. The van der Waals surface area contributed by atoms with Gasteiger partial charge in [0.2, 0.25) is 5.91 Å². The van der Waals surface area contributed by atoms with Crippen molar-refractivity contribution in [2.75, 3.05) is 33.9 Å². The number of methoxy groups -OCH3 is 1. The van der Waals surface area contributed by atoms with Gasteiger partial charge in [0, 0.05) is 13.7 Å². The van der Waals surface area contributed by atoms with Gasteiger partial charge in [-0.05, 0) is 13.5 Å². The van der Waals surface area contributed by atoms with Crippen molar-refractivity contribution in [3.05, 3.63) is 0 Å². The number of ether oxygens (including phenoxy) is 1. The number of amides is 1. The average Bonchev–Trinajstić information content (AvgIpc) is 2.22. The first-order chi connectivity index (χ1) is 7.52. The lowest BCUT2D eigenvalue weighted by molar-refractivity contribution is -0.145. The van der Waals surface area contributed by atoms with Crippen molar-refractivity contribution in [1.82, 2.24) is 10.2 Å². The second-order valence-corrected chi connectivity index (χ2v) is 3.57. The Balaban J connectivity index is 4.13. The molecule has 0 fully saturated rings. The van der Waals surface area contributed by atoms with Gasteiger partial charge in [-0.25, -0.2) is 0 Å². The Labute approximate surface area is 95.6 Å². The molecule has 2 N–H and O–H groups in total. The quantitative estimate of drug-likeness (QED) is 0.592. The molecule has 0 aliphatic heterocycles. The van der Waals surface area contributed by atoms with Crippen molar-refractivity contribution in [1.29, 1.82) is 0 Å². The molecule has 1 unspecified atom stereocenters. The van der Waals surface area contributed by atoms with Crippen molar-refractivity contribution in [3.63, 3.8) is 0 Å². The van der Waals surface area contributed by atoms with Crippen LogP contribution in [0.15, 0.2) is 0 Å². The summed E-state index contributed by atoms with van der Waals surface area (Å²) in [7, 11) is 3.02. The van der Waals surface area contributed by atoms with E-state index in [4.69, 9.17) is 9.84 Å². The van der Waals surface area contributed by atoms with E-state index in [1.807, 2.05) is 6.92 Å². The highest BCUT2D eigenvalue weighted by Crippen LogP contribution is 1.97. The molecule has 0 aromatic rings. The minimum Gasteiger partial charge on any atom is -0.480 e. The van der Waals surface area contributed by atoms with Gasteiger partial charge < -0.3 is 15.2 Å². The highest BCUT2D eigenvalue weighted by molar-refractivity contribution is 5.79. The Morgan fingerprint density at radius 1 is 1.50 bits per heavy atom. The minimum absolute atomic E-state index is 0.0559. The fourth-order valence-corrected chi connectivity index (χ4v) is 1.20. The molecule has 0 saturated carbocycles. The maximum atomic E-state index is 11.4. The van der Waals surface area contributed by atoms with Crippen molar-refractivity contribution in [2.45, 2.75) is 19.4 Å². The van der Waals surface area contributed by atoms with Gasteiger partial charge in [-0.1, -0.05) is 6.92 Å². The van der Waals surface area contributed by atoms with Crippen LogP contribution in [0.2, 0.25) is 0 Å². The summed E-state index contributed by atoms with van der Waals surface area (Å²) in [6, 6.07) is -0.794. The Hall–Kier alpha value is -1.14. The van der Waals surface area contributed by atoms with E-state index < -0.39 is 12.0 Å². The van der Waals surface area contributed by atoms with Gasteiger partial charge in [-0.15, -0.1) is 0 Å². The van der Waals surface area contributed by atoms with Gasteiger partial charge in [0.1, 0.15) is 6.04 Å². The van der Waals surface area contributed by atoms with E-state index in [9.17, 15) is 9.59 Å². The third-order valence-corrected chi connectivity index (χ3v) is 2.11. The third-order valence-electron chi connectivity index (χ3n) is 2.11. The highest BCUT2D eigenvalue weighted by Gasteiger charge is 2.23. The molecule has 16 heavy (non-hydrogen) atoms. The first kappa shape index (κ1) is 14.9. The fourth-order valence-electron chi connectivity index (χ4n) is 1.20. The smallest absolute Gasteiger partial charge is 0.323 e. The summed E-state index contributed by atoms with van der Waals surface area (Å²) in [4.78, 5) is 23.7. The largest absolute Gasteiger partial charge is 0.480 e. The molecule has 0 bridgehead atoms. The predicted molar refractivity (Wildman–Crippen MR) is 59.2 cm³/mol. The standard InChI is InChI=1S/C10H20N2O4/c1-4-5-11-9(13)6-12(2)8(7-16-3)10(14)15/h8H,4-7H2,1-3H3,(H,11,13)(H,14,15). The number of hydrogen-bond donors (Lipinski definition) is 2. The normalized spacial score (nSPS) is 12.5. The molecule has 0 aromatic carbocycles. The Morgan fingerprint density at radius 3 is 2.56 bits per heavy atom. The Bertz CT molecular complexity index is 233. The van der Waals surface area contributed by atoms with Crippen LogP contribution in [0.5, 0.6) is 0 Å². The fraction of sp³-hybridized carbons (Fsp3) is 0.800. The Morgan fingerprint density at radius 2 is 2.12 bits per heavy atom. The number of carboxylic acid groups (broad SMARTS) is 1. The molecule has 0 spiro atoms. The van der Waals surface area contributed by atoms with Gasteiger partial charge in [0.05, 0.1) is 13.2 Å². The van der Waals surface area contributed by atoms with Gasteiger partial charge in [-0.2, -0.15) is 0 Å². The molecule has 0 radical (unpaired) electrons. The van der Waals surface area contributed by atoms with Crippen LogP contribution < -0.4 is 5.32 Å². The molecule has 6 heteroatoms. The van der Waals surface area contributed by atoms with Gasteiger partial charge in [-0.3, -0.25) is 14.5 Å². The first-order valence-electron chi connectivity index (χ1n) is 5.21. The molecule has 0 aromatic heterocycles. The second kappa shape index (κ2) is 8.06. The molecule has 0 aliphatic carbocycles. The van der Waals surface area contributed by atoms with Crippen LogP contribution in [0.25, 0.3) is 0 Å². The molecule has 0 aliphatic rings. The topological polar surface area (TPSA) is 78.9 Å². The number of carbonyl (C=O) groups excluding carboxylic acids is 1. The summed E-state index contributed by atoms with van der Waals surface area (Å²) in [5.74, 6) is -1.17. The van der Waals surface area contributed by atoms with E-state index >= 15 is 0 Å². The number of nitrogens with zero attached hydrogens (tertiary/aromatic N) is 1. The van der Waals surface area contributed by atoms with Gasteiger partial charge in [0.25, 0.3) is 0 Å². The zero-order chi connectivity index (χ0) is 12.6. The van der Waals surface area contributed by atoms with E-state index in [0.29, 0.717) is 6.54 Å². The van der Waals surface area contributed by atoms with Crippen LogP contribution in [-0.2, 0) is 14.3 Å². The molecule has 6 nitrogen and oxygen atoms in total. The van der Waals surface area contributed by atoms with E-state index in [1.165, 1.54) is 12.0 Å². The van der Waals surface area contributed by atoms with Crippen molar-refractivity contribution in [2.24, 2.45) is 0 Å². The number of hydrogen-bond acceptors (Lipinski definition) is 4. The monoisotopic (exact) mass is 232 g/mol.